The smallest absolute Gasteiger partial charge is 0.123 e. The van der Waals surface area contributed by atoms with Gasteiger partial charge in [-0.1, -0.05) is 0 Å². The van der Waals surface area contributed by atoms with Crippen LogP contribution in [-0.4, -0.2) is 19.7 Å². The summed E-state index contributed by atoms with van der Waals surface area (Å²) in [6.45, 7) is 4.79. The van der Waals surface area contributed by atoms with Crippen LogP contribution in [0.15, 0.2) is 18.2 Å². The van der Waals surface area contributed by atoms with Crippen molar-refractivity contribution in [2.45, 2.75) is 13.3 Å². The van der Waals surface area contributed by atoms with Crippen molar-refractivity contribution < 1.29 is 9.13 Å². The Hall–Kier alpha value is -1.09. The maximum absolute atomic E-state index is 12.8. The maximum Gasteiger partial charge on any atom is 0.123 e. The summed E-state index contributed by atoms with van der Waals surface area (Å²) in [5.41, 5.74) is 0.863. The lowest BCUT2D eigenvalue weighted by molar-refractivity contribution is 0.237. The SMILES string of the molecule is Cc1cc(F)ccc1OCCC1CNC1. The normalized spacial score (nSPS) is 16.1. The number of nitrogens with one attached hydrogen (secondary N) is 1. The molecule has 1 heterocycles. The van der Waals surface area contributed by atoms with Gasteiger partial charge in [0.25, 0.3) is 0 Å². The Morgan fingerprint density at radius 2 is 2.27 bits per heavy atom. The van der Waals surface area contributed by atoms with Gasteiger partial charge in [-0.2, -0.15) is 0 Å². The third-order valence-electron chi connectivity index (χ3n) is 2.79. The van der Waals surface area contributed by atoms with Gasteiger partial charge in [0.2, 0.25) is 0 Å². The van der Waals surface area contributed by atoms with E-state index in [1.165, 1.54) is 12.1 Å². The Kier molecular flexibility index (Phi) is 3.21. The summed E-state index contributed by atoms with van der Waals surface area (Å²) in [5.74, 6) is 1.34. The first-order chi connectivity index (χ1) is 7.25. The summed E-state index contributed by atoms with van der Waals surface area (Å²) >= 11 is 0. The number of benzene rings is 1. The molecule has 0 radical (unpaired) electrons. The fourth-order valence-electron chi connectivity index (χ4n) is 1.66. The highest BCUT2D eigenvalue weighted by molar-refractivity contribution is 5.32. The Morgan fingerprint density at radius 3 is 2.87 bits per heavy atom. The minimum absolute atomic E-state index is 0.206. The van der Waals surface area contributed by atoms with Crippen LogP contribution in [-0.2, 0) is 0 Å². The number of rotatable bonds is 4. The lowest BCUT2D eigenvalue weighted by atomic mass is 10.0. The number of halogens is 1. The summed E-state index contributed by atoms with van der Waals surface area (Å²) in [5, 5.41) is 3.22. The average Bonchev–Trinajstić information content (AvgIpc) is 2.12. The first-order valence-electron chi connectivity index (χ1n) is 5.35. The molecule has 2 rings (SSSR count). The molecule has 0 spiro atoms. The predicted octanol–water partition coefficient (Wildman–Crippen LogP) is 2.12. The molecule has 1 fully saturated rings. The Balaban J connectivity index is 1.81. The van der Waals surface area contributed by atoms with Crippen LogP contribution >= 0.6 is 0 Å². The molecule has 0 unspecified atom stereocenters. The quantitative estimate of drug-likeness (QED) is 0.820. The zero-order chi connectivity index (χ0) is 10.7. The molecule has 0 saturated carbocycles. The highest BCUT2D eigenvalue weighted by atomic mass is 19.1. The molecule has 1 aliphatic heterocycles. The first kappa shape index (κ1) is 10.4. The van der Waals surface area contributed by atoms with E-state index in [2.05, 4.69) is 5.32 Å². The minimum atomic E-state index is -0.206. The van der Waals surface area contributed by atoms with Gasteiger partial charge in [0.1, 0.15) is 11.6 Å². The molecule has 2 nitrogen and oxygen atoms in total. The molecule has 0 amide bonds. The van der Waals surface area contributed by atoms with E-state index in [0.29, 0.717) is 0 Å². The van der Waals surface area contributed by atoms with Crippen molar-refractivity contribution in [3.05, 3.63) is 29.6 Å². The van der Waals surface area contributed by atoms with Crippen LogP contribution < -0.4 is 10.1 Å². The summed E-state index contributed by atoms with van der Waals surface area (Å²) < 4.78 is 18.4. The third kappa shape index (κ3) is 2.69. The lowest BCUT2D eigenvalue weighted by Gasteiger charge is -2.26. The van der Waals surface area contributed by atoms with Gasteiger partial charge in [0.05, 0.1) is 6.61 Å². The van der Waals surface area contributed by atoms with Crippen LogP contribution in [0.4, 0.5) is 4.39 Å². The molecule has 3 heteroatoms. The molecule has 15 heavy (non-hydrogen) atoms. The van der Waals surface area contributed by atoms with Crippen molar-refractivity contribution >= 4 is 0 Å². The van der Waals surface area contributed by atoms with Crippen LogP contribution in [0.25, 0.3) is 0 Å². The average molecular weight is 209 g/mol. The minimum Gasteiger partial charge on any atom is -0.493 e. The predicted molar refractivity (Wildman–Crippen MR) is 57.6 cm³/mol. The van der Waals surface area contributed by atoms with Gasteiger partial charge in [-0.15, -0.1) is 0 Å². The Bertz CT molecular complexity index is 336. The second kappa shape index (κ2) is 4.62. The largest absolute Gasteiger partial charge is 0.493 e. The van der Waals surface area contributed by atoms with E-state index in [4.69, 9.17) is 4.74 Å². The molecule has 1 aromatic rings. The van der Waals surface area contributed by atoms with Crippen LogP contribution in [0.1, 0.15) is 12.0 Å². The molecule has 0 atom stereocenters. The Labute approximate surface area is 89.4 Å². The lowest BCUT2D eigenvalue weighted by Crippen LogP contribution is -2.42. The summed E-state index contributed by atoms with van der Waals surface area (Å²) in [6.07, 6.45) is 1.07. The second-order valence-corrected chi connectivity index (χ2v) is 4.07. The van der Waals surface area contributed by atoms with Gasteiger partial charge in [-0.05, 0) is 56.1 Å². The van der Waals surface area contributed by atoms with Gasteiger partial charge in [-0.25, -0.2) is 4.39 Å². The van der Waals surface area contributed by atoms with E-state index in [1.807, 2.05) is 6.92 Å². The number of hydrogen-bond acceptors (Lipinski definition) is 2. The van der Waals surface area contributed by atoms with Crippen LogP contribution in [0.3, 0.4) is 0 Å². The molecule has 1 aromatic carbocycles. The van der Waals surface area contributed by atoms with Crippen LogP contribution in [0.5, 0.6) is 5.75 Å². The molecule has 0 aromatic heterocycles. The van der Waals surface area contributed by atoms with E-state index in [-0.39, 0.29) is 5.82 Å². The van der Waals surface area contributed by atoms with E-state index >= 15 is 0 Å². The summed E-state index contributed by atoms with van der Waals surface area (Å²) in [4.78, 5) is 0. The fourth-order valence-corrected chi connectivity index (χ4v) is 1.66. The van der Waals surface area contributed by atoms with Gasteiger partial charge in [-0.3, -0.25) is 0 Å². The molecule has 1 saturated heterocycles. The molecule has 0 bridgehead atoms. The highest BCUT2D eigenvalue weighted by Gasteiger charge is 2.16. The number of ether oxygens (including phenoxy) is 1. The van der Waals surface area contributed by atoms with Gasteiger partial charge in [0, 0.05) is 0 Å². The molecule has 1 aliphatic rings. The van der Waals surface area contributed by atoms with Crippen molar-refractivity contribution in [1.29, 1.82) is 0 Å². The molecular weight excluding hydrogens is 193 g/mol. The molecule has 0 aliphatic carbocycles. The monoisotopic (exact) mass is 209 g/mol. The molecule has 82 valence electrons. The van der Waals surface area contributed by atoms with Crippen molar-refractivity contribution in [1.82, 2.24) is 5.32 Å². The second-order valence-electron chi connectivity index (χ2n) is 4.07. The third-order valence-corrected chi connectivity index (χ3v) is 2.79. The van der Waals surface area contributed by atoms with Crippen LogP contribution in [0, 0.1) is 18.7 Å². The Morgan fingerprint density at radius 1 is 1.47 bits per heavy atom. The van der Waals surface area contributed by atoms with Gasteiger partial charge in [0.15, 0.2) is 0 Å². The zero-order valence-electron chi connectivity index (χ0n) is 8.92. The summed E-state index contributed by atoms with van der Waals surface area (Å²) in [7, 11) is 0. The number of aryl methyl sites for hydroxylation is 1. The maximum atomic E-state index is 12.8. The topological polar surface area (TPSA) is 21.3 Å². The standard InChI is InChI=1S/C12H16FNO/c1-9-6-11(13)2-3-12(9)15-5-4-10-7-14-8-10/h2-3,6,10,14H,4-5,7-8H2,1H3. The van der Waals surface area contributed by atoms with Crippen molar-refractivity contribution in [3.63, 3.8) is 0 Å². The fraction of sp³-hybridized carbons (Fsp3) is 0.500. The number of hydrogen-bond donors (Lipinski definition) is 1. The van der Waals surface area contributed by atoms with Crippen molar-refractivity contribution in [2.24, 2.45) is 5.92 Å². The highest BCUT2D eigenvalue weighted by Crippen LogP contribution is 2.19. The molecule has 1 N–H and O–H groups in total. The first-order valence-corrected chi connectivity index (χ1v) is 5.35. The van der Waals surface area contributed by atoms with E-state index in [1.54, 1.807) is 6.07 Å². The summed E-state index contributed by atoms with van der Waals surface area (Å²) in [6, 6.07) is 4.64. The van der Waals surface area contributed by atoms with Gasteiger partial charge < -0.3 is 10.1 Å². The van der Waals surface area contributed by atoms with E-state index in [0.717, 1.165) is 43.3 Å². The van der Waals surface area contributed by atoms with Gasteiger partial charge >= 0.3 is 0 Å². The van der Waals surface area contributed by atoms with Crippen LogP contribution in [0.2, 0.25) is 0 Å². The van der Waals surface area contributed by atoms with E-state index < -0.39 is 0 Å². The van der Waals surface area contributed by atoms with Crippen molar-refractivity contribution in [3.8, 4) is 5.75 Å². The molecular formula is C12H16FNO. The van der Waals surface area contributed by atoms with Crippen molar-refractivity contribution in [2.75, 3.05) is 19.7 Å². The van der Waals surface area contributed by atoms with E-state index in [9.17, 15) is 4.39 Å². The zero-order valence-corrected chi connectivity index (χ0v) is 8.92.